The van der Waals surface area contributed by atoms with E-state index in [1.54, 1.807) is 24.3 Å². The van der Waals surface area contributed by atoms with Gasteiger partial charge >= 0.3 is 0 Å². The minimum absolute atomic E-state index is 0.00367. The van der Waals surface area contributed by atoms with E-state index in [-0.39, 0.29) is 24.3 Å². The molecule has 0 fully saturated rings. The van der Waals surface area contributed by atoms with Gasteiger partial charge in [-0.15, -0.1) is 0 Å². The van der Waals surface area contributed by atoms with Gasteiger partial charge in [0, 0.05) is 11.6 Å². The zero-order valence-electron chi connectivity index (χ0n) is 11.5. The number of rotatable bonds is 6. The third-order valence-electron chi connectivity index (χ3n) is 2.99. The molecule has 0 atom stereocenters. The van der Waals surface area contributed by atoms with E-state index in [9.17, 15) is 17.2 Å². The largest absolute Gasteiger partial charge is 0.215 e. The molecule has 1 N–H and O–H groups in total. The van der Waals surface area contributed by atoms with Crippen LogP contribution in [0.4, 0.5) is 8.78 Å². The molecule has 0 saturated heterocycles. The fraction of sp³-hybridized carbons (Fsp3) is 0.200. The SMILES string of the molecule is O=S(=O)(Cc1ccc(Cl)cc1)NCCc1cc(F)ccc1F. The van der Waals surface area contributed by atoms with E-state index in [1.165, 1.54) is 0 Å². The molecule has 3 nitrogen and oxygen atoms in total. The summed E-state index contributed by atoms with van der Waals surface area (Å²) in [5, 5.41) is 0.524. The first-order chi connectivity index (χ1) is 10.4. The molecule has 2 rings (SSSR count). The van der Waals surface area contributed by atoms with E-state index in [2.05, 4.69) is 4.72 Å². The number of sulfonamides is 1. The molecule has 0 heterocycles. The van der Waals surface area contributed by atoms with Gasteiger partial charge in [-0.2, -0.15) is 0 Å². The molecule has 0 aliphatic carbocycles. The lowest BCUT2D eigenvalue weighted by Crippen LogP contribution is -2.27. The van der Waals surface area contributed by atoms with Gasteiger partial charge in [-0.05, 0) is 47.9 Å². The highest BCUT2D eigenvalue weighted by Crippen LogP contribution is 2.12. The topological polar surface area (TPSA) is 46.2 Å². The number of halogens is 3. The van der Waals surface area contributed by atoms with Gasteiger partial charge in [-0.25, -0.2) is 21.9 Å². The van der Waals surface area contributed by atoms with Crippen molar-refractivity contribution in [2.75, 3.05) is 6.54 Å². The fourth-order valence-corrected chi connectivity index (χ4v) is 3.20. The van der Waals surface area contributed by atoms with Gasteiger partial charge in [0.2, 0.25) is 10.0 Å². The monoisotopic (exact) mass is 345 g/mol. The fourth-order valence-electron chi connectivity index (χ4n) is 1.93. The Balaban J connectivity index is 1.92. The molecule has 0 amide bonds. The van der Waals surface area contributed by atoms with Crippen LogP contribution in [-0.2, 0) is 22.2 Å². The zero-order chi connectivity index (χ0) is 16.2. The lowest BCUT2D eigenvalue weighted by molar-refractivity contribution is 0.572. The molecule has 0 spiro atoms. The Morgan fingerprint density at radius 1 is 1.05 bits per heavy atom. The van der Waals surface area contributed by atoms with Crippen molar-refractivity contribution < 1.29 is 17.2 Å². The normalized spacial score (nSPS) is 11.6. The second-order valence-corrected chi connectivity index (χ2v) is 7.01. The van der Waals surface area contributed by atoms with Gasteiger partial charge in [0.25, 0.3) is 0 Å². The maximum absolute atomic E-state index is 13.4. The first-order valence-corrected chi connectivity index (χ1v) is 8.54. The Bertz CT molecular complexity index is 749. The van der Waals surface area contributed by atoms with Gasteiger partial charge in [0.15, 0.2) is 0 Å². The van der Waals surface area contributed by atoms with E-state index in [0.29, 0.717) is 10.6 Å². The molecule has 0 radical (unpaired) electrons. The van der Waals surface area contributed by atoms with Gasteiger partial charge in [-0.3, -0.25) is 0 Å². The van der Waals surface area contributed by atoms with E-state index in [1.807, 2.05) is 0 Å². The maximum atomic E-state index is 13.4. The average molecular weight is 346 g/mol. The molecular weight excluding hydrogens is 332 g/mol. The number of benzene rings is 2. The summed E-state index contributed by atoms with van der Waals surface area (Å²) in [4.78, 5) is 0. The summed E-state index contributed by atoms with van der Waals surface area (Å²) in [5.41, 5.74) is 0.725. The second kappa shape index (κ2) is 7.17. The number of hydrogen-bond acceptors (Lipinski definition) is 2. The summed E-state index contributed by atoms with van der Waals surface area (Å²) >= 11 is 5.73. The van der Waals surface area contributed by atoms with E-state index >= 15 is 0 Å². The van der Waals surface area contributed by atoms with Crippen molar-refractivity contribution in [3.05, 3.63) is 70.2 Å². The van der Waals surface area contributed by atoms with Crippen molar-refractivity contribution in [3.63, 3.8) is 0 Å². The summed E-state index contributed by atoms with van der Waals surface area (Å²) in [7, 11) is -3.55. The molecule has 0 aromatic heterocycles. The predicted octanol–water partition coefficient (Wildman–Crippen LogP) is 3.28. The molecule has 0 aliphatic rings. The number of hydrogen-bond donors (Lipinski definition) is 1. The molecule has 2 aromatic rings. The quantitative estimate of drug-likeness (QED) is 0.873. The Morgan fingerprint density at radius 3 is 2.41 bits per heavy atom. The van der Waals surface area contributed by atoms with Crippen LogP contribution < -0.4 is 4.72 Å². The highest BCUT2D eigenvalue weighted by atomic mass is 35.5. The molecule has 118 valence electrons. The van der Waals surface area contributed by atoms with E-state index in [4.69, 9.17) is 11.6 Å². The van der Waals surface area contributed by atoms with Crippen LogP contribution in [0.25, 0.3) is 0 Å². The van der Waals surface area contributed by atoms with Crippen LogP contribution in [0.3, 0.4) is 0 Å². The van der Waals surface area contributed by atoms with Crippen LogP contribution in [0.5, 0.6) is 0 Å². The third kappa shape index (κ3) is 5.05. The lowest BCUT2D eigenvalue weighted by Gasteiger charge is -2.08. The summed E-state index contributed by atoms with van der Waals surface area (Å²) in [5.74, 6) is -1.31. The Hall–Kier alpha value is -1.50. The molecule has 0 unspecified atom stereocenters. The standard InChI is InChI=1S/C15H14ClF2NO2S/c16-13-3-1-11(2-4-13)10-22(20,21)19-8-7-12-9-14(17)5-6-15(12)18/h1-6,9,19H,7-8,10H2. The van der Waals surface area contributed by atoms with E-state index in [0.717, 1.165) is 18.2 Å². The molecular formula is C15H14ClF2NO2S. The molecule has 0 aliphatic heterocycles. The van der Waals surface area contributed by atoms with Gasteiger partial charge < -0.3 is 0 Å². The van der Waals surface area contributed by atoms with Crippen molar-refractivity contribution in [2.45, 2.75) is 12.2 Å². The average Bonchev–Trinajstić information content (AvgIpc) is 2.45. The molecule has 7 heteroatoms. The van der Waals surface area contributed by atoms with Gasteiger partial charge in [0.05, 0.1) is 5.75 Å². The number of nitrogens with one attached hydrogen (secondary N) is 1. The van der Waals surface area contributed by atoms with Crippen molar-refractivity contribution in [2.24, 2.45) is 0 Å². The molecule has 0 saturated carbocycles. The van der Waals surface area contributed by atoms with Crippen molar-refractivity contribution in [1.82, 2.24) is 4.72 Å². The Labute approximate surface area is 133 Å². The highest BCUT2D eigenvalue weighted by Gasteiger charge is 2.12. The van der Waals surface area contributed by atoms with Gasteiger partial charge in [0.1, 0.15) is 11.6 Å². The zero-order valence-corrected chi connectivity index (χ0v) is 13.1. The Morgan fingerprint density at radius 2 is 1.73 bits per heavy atom. The van der Waals surface area contributed by atoms with Crippen LogP contribution in [0, 0.1) is 11.6 Å². The summed E-state index contributed by atoms with van der Waals surface area (Å²) in [6.45, 7) is -0.00367. The Kier molecular flexibility index (Phi) is 5.50. The molecule has 22 heavy (non-hydrogen) atoms. The first kappa shape index (κ1) is 16.9. The van der Waals surface area contributed by atoms with Crippen molar-refractivity contribution >= 4 is 21.6 Å². The van der Waals surface area contributed by atoms with Crippen molar-refractivity contribution in [1.29, 1.82) is 0 Å². The first-order valence-electron chi connectivity index (χ1n) is 6.51. The minimum atomic E-state index is -3.55. The highest BCUT2D eigenvalue weighted by molar-refractivity contribution is 7.88. The van der Waals surface area contributed by atoms with Crippen LogP contribution in [-0.4, -0.2) is 15.0 Å². The lowest BCUT2D eigenvalue weighted by atomic mass is 10.1. The maximum Gasteiger partial charge on any atom is 0.215 e. The predicted molar refractivity (Wildman–Crippen MR) is 82.1 cm³/mol. The van der Waals surface area contributed by atoms with Crippen molar-refractivity contribution in [3.8, 4) is 0 Å². The van der Waals surface area contributed by atoms with E-state index < -0.39 is 21.7 Å². The van der Waals surface area contributed by atoms with Crippen LogP contribution in [0.15, 0.2) is 42.5 Å². The summed E-state index contributed by atoms with van der Waals surface area (Å²) in [6.07, 6.45) is 0.0729. The summed E-state index contributed by atoms with van der Waals surface area (Å²) < 4.78 is 52.6. The molecule has 0 bridgehead atoms. The second-order valence-electron chi connectivity index (χ2n) is 4.77. The van der Waals surface area contributed by atoms with Crippen LogP contribution >= 0.6 is 11.6 Å². The van der Waals surface area contributed by atoms with Gasteiger partial charge in [-0.1, -0.05) is 23.7 Å². The van der Waals surface area contributed by atoms with Crippen LogP contribution in [0.2, 0.25) is 5.02 Å². The smallest absolute Gasteiger partial charge is 0.215 e. The molecule has 2 aromatic carbocycles. The van der Waals surface area contributed by atoms with Crippen LogP contribution in [0.1, 0.15) is 11.1 Å². The third-order valence-corrected chi connectivity index (χ3v) is 4.60. The minimum Gasteiger partial charge on any atom is -0.215 e. The summed E-state index contributed by atoms with van der Waals surface area (Å²) in [6, 6.07) is 9.55.